The quantitative estimate of drug-likeness (QED) is 0.821. The van der Waals surface area contributed by atoms with Crippen LogP contribution in [-0.4, -0.2) is 37.8 Å². The molecule has 0 atom stereocenters. The van der Waals surface area contributed by atoms with Gasteiger partial charge in [0.1, 0.15) is 0 Å². The Hall–Kier alpha value is -1.88. The Morgan fingerprint density at radius 2 is 1.79 bits per heavy atom. The fourth-order valence-electron chi connectivity index (χ4n) is 2.47. The van der Waals surface area contributed by atoms with E-state index in [1.54, 1.807) is 0 Å². The summed E-state index contributed by atoms with van der Waals surface area (Å²) in [5, 5.41) is 7.47. The van der Waals surface area contributed by atoms with E-state index in [4.69, 9.17) is 0 Å². The van der Waals surface area contributed by atoms with Crippen molar-refractivity contribution in [1.29, 1.82) is 0 Å². The molecule has 19 heavy (non-hydrogen) atoms. The van der Waals surface area contributed by atoms with Crippen molar-refractivity contribution in [3.8, 4) is 0 Å². The van der Waals surface area contributed by atoms with Crippen molar-refractivity contribution in [3.05, 3.63) is 29.8 Å². The second-order valence-corrected chi connectivity index (χ2v) is 4.88. The molecule has 0 saturated carbocycles. The zero-order valence-corrected chi connectivity index (χ0v) is 10.9. The highest BCUT2D eigenvalue weighted by molar-refractivity contribution is 6.04. The van der Waals surface area contributed by atoms with Gasteiger partial charge in [-0.2, -0.15) is 5.10 Å². The molecule has 0 bridgehead atoms. The van der Waals surface area contributed by atoms with Crippen molar-refractivity contribution >= 4 is 17.3 Å². The SMILES string of the molecule is O=C1CCC(c2ccc(N3CCNCC3)cc2)=NN1. The lowest BCUT2D eigenvalue weighted by molar-refractivity contribution is -0.121. The van der Waals surface area contributed by atoms with E-state index in [0.717, 1.165) is 43.9 Å². The largest absolute Gasteiger partial charge is 0.369 e. The minimum Gasteiger partial charge on any atom is -0.369 e. The molecule has 3 rings (SSSR count). The van der Waals surface area contributed by atoms with E-state index in [9.17, 15) is 4.79 Å². The molecular weight excluding hydrogens is 240 g/mol. The number of carbonyl (C=O) groups is 1. The third-order valence-corrected chi connectivity index (χ3v) is 3.59. The highest BCUT2D eigenvalue weighted by Gasteiger charge is 2.14. The van der Waals surface area contributed by atoms with Gasteiger partial charge in [-0.25, -0.2) is 5.43 Å². The van der Waals surface area contributed by atoms with E-state index < -0.39 is 0 Å². The average molecular weight is 258 g/mol. The van der Waals surface area contributed by atoms with Gasteiger partial charge in [-0.3, -0.25) is 4.79 Å². The van der Waals surface area contributed by atoms with Gasteiger partial charge in [0.15, 0.2) is 0 Å². The summed E-state index contributed by atoms with van der Waals surface area (Å²) in [5.41, 5.74) is 5.85. The number of carbonyl (C=O) groups excluding carboxylic acids is 1. The number of hydrogen-bond acceptors (Lipinski definition) is 4. The minimum atomic E-state index is 0.00110. The van der Waals surface area contributed by atoms with Crippen LogP contribution in [0.4, 0.5) is 5.69 Å². The highest BCUT2D eigenvalue weighted by Crippen LogP contribution is 2.18. The van der Waals surface area contributed by atoms with Crippen LogP contribution in [0.25, 0.3) is 0 Å². The van der Waals surface area contributed by atoms with Gasteiger partial charge in [0, 0.05) is 44.7 Å². The predicted molar refractivity (Wildman–Crippen MR) is 75.4 cm³/mol. The predicted octanol–water partition coefficient (Wildman–Crippen LogP) is 0.710. The van der Waals surface area contributed by atoms with Crippen LogP contribution >= 0.6 is 0 Å². The van der Waals surface area contributed by atoms with Gasteiger partial charge in [0.05, 0.1) is 5.71 Å². The average Bonchev–Trinajstić information content (AvgIpc) is 2.49. The van der Waals surface area contributed by atoms with Crippen LogP contribution < -0.4 is 15.6 Å². The summed E-state index contributed by atoms with van der Waals surface area (Å²) < 4.78 is 0. The van der Waals surface area contributed by atoms with Crippen molar-refractivity contribution in [2.24, 2.45) is 5.10 Å². The summed E-state index contributed by atoms with van der Waals surface area (Å²) in [7, 11) is 0. The van der Waals surface area contributed by atoms with Crippen LogP contribution in [0.1, 0.15) is 18.4 Å². The zero-order chi connectivity index (χ0) is 13.1. The Morgan fingerprint density at radius 1 is 1.05 bits per heavy atom. The number of hydrogen-bond donors (Lipinski definition) is 2. The molecule has 2 aliphatic rings. The van der Waals surface area contributed by atoms with Gasteiger partial charge in [-0.05, 0) is 17.7 Å². The number of benzene rings is 1. The Labute approximate surface area is 112 Å². The molecule has 0 unspecified atom stereocenters. The molecule has 0 aromatic heterocycles. The smallest absolute Gasteiger partial charge is 0.240 e. The summed E-state index contributed by atoms with van der Waals surface area (Å²) in [6, 6.07) is 8.46. The Morgan fingerprint density at radius 3 is 2.42 bits per heavy atom. The zero-order valence-electron chi connectivity index (χ0n) is 10.9. The third-order valence-electron chi connectivity index (χ3n) is 3.59. The maximum Gasteiger partial charge on any atom is 0.240 e. The van der Waals surface area contributed by atoms with Crippen LogP contribution in [0, 0.1) is 0 Å². The molecule has 2 heterocycles. The molecule has 0 spiro atoms. The first-order chi connectivity index (χ1) is 9.33. The third kappa shape index (κ3) is 2.76. The van der Waals surface area contributed by atoms with Gasteiger partial charge >= 0.3 is 0 Å². The minimum absolute atomic E-state index is 0.00110. The molecule has 1 fully saturated rings. The normalized spacial score (nSPS) is 19.9. The maximum atomic E-state index is 11.1. The molecule has 0 radical (unpaired) electrons. The van der Waals surface area contributed by atoms with Gasteiger partial charge < -0.3 is 10.2 Å². The fraction of sp³-hybridized carbons (Fsp3) is 0.429. The molecular formula is C14H18N4O. The summed E-state index contributed by atoms with van der Waals surface area (Å²) in [6.45, 7) is 4.19. The van der Waals surface area contributed by atoms with Crippen LogP contribution in [0.5, 0.6) is 0 Å². The van der Waals surface area contributed by atoms with E-state index in [2.05, 4.69) is 45.0 Å². The topological polar surface area (TPSA) is 56.7 Å². The van der Waals surface area contributed by atoms with Gasteiger partial charge in [0.25, 0.3) is 0 Å². The number of nitrogens with zero attached hydrogens (tertiary/aromatic N) is 2. The van der Waals surface area contributed by atoms with E-state index in [1.165, 1.54) is 5.69 Å². The molecule has 2 N–H and O–H groups in total. The monoisotopic (exact) mass is 258 g/mol. The number of hydrazone groups is 1. The Kier molecular flexibility index (Phi) is 3.46. The molecule has 5 heteroatoms. The van der Waals surface area contributed by atoms with Crippen molar-refractivity contribution in [3.63, 3.8) is 0 Å². The second kappa shape index (κ2) is 5.40. The van der Waals surface area contributed by atoms with E-state index in [0.29, 0.717) is 6.42 Å². The van der Waals surface area contributed by atoms with Crippen molar-refractivity contribution < 1.29 is 4.79 Å². The molecule has 100 valence electrons. The summed E-state index contributed by atoms with van der Waals surface area (Å²) in [4.78, 5) is 13.4. The number of amides is 1. The summed E-state index contributed by atoms with van der Waals surface area (Å²) in [5.74, 6) is 0.00110. The number of piperazine rings is 1. The van der Waals surface area contributed by atoms with Gasteiger partial charge in [0.2, 0.25) is 5.91 Å². The molecule has 1 aromatic rings. The van der Waals surface area contributed by atoms with Crippen LogP contribution in [0.2, 0.25) is 0 Å². The first-order valence-electron chi connectivity index (χ1n) is 6.74. The molecule has 2 aliphatic heterocycles. The molecule has 1 aromatic carbocycles. The van der Waals surface area contributed by atoms with Gasteiger partial charge in [-0.15, -0.1) is 0 Å². The van der Waals surface area contributed by atoms with Crippen molar-refractivity contribution in [2.45, 2.75) is 12.8 Å². The van der Waals surface area contributed by atoms with Crippen LogP contribution in [0.3, 0.4) is 0 Å². The fourth-order valence-corrected chi connectivity index (χ4v) is 2.47. The lowest BCUT2D eigenvalue weighted by Gasteiger charge is -2.29. The van der Waals surface area contributed by atoms with Crippen LogP contribution in [-0.2, 0) is 4.79 Å². The highest BCUT2D eigenvalue weighted by atomic mass is 16.2. The Bertz CT molecular complexity index is 489. The molecule has 5 nitrogen and oxygen atoms in total. The number of nitrogens with one attached hydrogen (secondary N) is 2. The summed E-state index contributed by atoms with van der Waals surface area (Å²) >= 11 is 0. The molecule has 1 saturated heterocycles. The first-order valence-corrected chi connectivity index (χ1v) is 6.74. The number of anilines is 1. The van der Waals surface area contributed by atoms with E-state index >= 15 is 0 Å². The van der Waals surface area contributed by atoms with Gasteiger partial charge in [-0.1, -0.05) is 12.1 Å². The van der Waals surface area contributed by atoms with Crippen molar-refractivity contribution in [2.75, 3.05) is 31.1 Å². The lowest BCUT2D eigenvalue weighted by Crippen LogP contribution is -2.43. The van der Waals surface area contributed by atoms with Crippen molar-refractivity contribution in [1.82, 2.24) is 10.7 Å². The Balaban J connectivity index is 1.73. The van der Waals surface area contributed by atoms with E-state index in [1.807, 2.05) is 0 Å². The molecule has 1 amide bonds. The van der Waals surface area contributed by atoms with E-state index in [-0.39, 0.29) is 5.91 Å². The summed E-state index contributed by atoms with van der Waals surface area (Å²) in [6.07, 6.45) is 1.25. The standard InChI is InChI=1S/C14H18N4O/c19-14-6-5-13(16-17-14)11-1-3-12(4-2-11)18-9-7-15-8-10-18/h1-4,15H,5-10H2,(H,17,19). The number of rotatable bonds is 2. The second-order valence-electron chi connectivity index (χ2n) is 4.88. The molecule has 0 aliphatic carbocycles. The lowest BCUT2D eigenvalue weighted by atomic mass is 10.0. The van der Waals surface area contributed by atoms with Crippen LogP contribution in [0.15, 0.2) is 29.4 Å². The maximum absolute atomic E-state index is 11.1. The first kappa shape index (κ1) is 12.2.